The minimum absolute atomic E-state index is 0.0961. The van der Waals surface area contributed by atoms with Gasteiger partial charge in [0.2, 0.25) is 0 Å². The third-order valence-electron chi connectivity index (χ3n) is 7.08. The van der Waals surface area contributed by atoms with Crippen LogP contribution in [0.5, 0.6) is 11.5 Å². The van der Waals surface area contributed by atoms with Crippen LogP contribution in [0.15, 0.2) is 102 Å². The molecule has 0 saturated carbocycles. The average Bonchev–Trinajstić information content (AvgIpc) is 3.41. The highest BCUT2D eigenvalue weighted by Crippen LogP contribution is 2.26. The summed E-state index contributed by atoms with van der Waals surface area (Å²) in [6, 6.07) is 26.0. The van der Waals surface area contributed by atoms with Gasteiger partial charge in [-0.1, -0.05) is 36.4 Å². The van der Waals surface area contributed by atoms with E-state index < -0.39 is 5.60 Å². The van der Waals surface area contributed by atoms with Gasteiger partial charge in [0.1, 0.15) is 23.2 Å². The molecular weight excluding hydrogens is 494 g/mol. The molecule has 0 unspecified atom stereocenters. The lowest BCUT2D eigenvalue weighted by Gasteiger charge is -2.38. The first kappa shape index (κ1) is 24.6. The number of carbonyl (C=O) groups excluding carboxylic acids is 1. The average molecular weight is 522 g/mol. The Kier molecular flexibility index (Phi) is 6.42. The van der Waals surface area contributed by atoms with Crippen molar-refractivity contribution < 1.29 is 14.6 Å². The number of nitrogens with zero attached hydrogens (tertiary/aromatic N) is 5. The Morgan fingerprint density at radius 3 is 2.23 bits per heavy atom. The third-order valence-corrected chi connectivity index (χ3v) is 7.08. The van der Waals surface area contributed by atoms with Gasteiger partial charge in [-0.3, -0.25) is 14.2 Å². The lowest BCUT2D eigenvalue weighted by molar-refractivity contribution is -0.0299. The fourth-order valence-electron chi connectivity index (χ4n) is 4.89. The number of aliphatic hydroxyl groups is 1. The first-order chi connectivity index (χ1) is 19.0. The van der Waals surface area contributed by atoms with Gasteiger partial charge < -0.3 is 14.7 Å². The van der Waals surface area contributed by atoms with E-state index in [-0.39, 0.29) is 18.0 Å². The number of carbonyl (C=O) groups is 1. The highest BCUT2D eigenvalue weighted by molar-refractivity contribution is 5.94. The van der Waals surface area contributed by atoms with E-state index in [1.54, 1.807) is 33.8 Å². The number of para-hydroxylation sites is 2. The van der Waals surface area contributed by atoms with Crippen LogP contribution in [0, 0.1) is 0 Å². The lowest BCUT2D eigenvalue weighted by Crippen LogP contribution is -2.49. The third kappa shape index (κ3) is 5.04. The minimum Gasteiger partial charge on any atom is -0.457 e. The summed E-state index contributed by atoms with van der Waals surface area (Å²) in [5, 5.41) is 16.0. The van der Waals surface area contributed by atoms with Crippen molar-refractivity contribution in [2.75, 3.05) is 13.1 Å². The molecule has 0 radical (unpaired) electrons. The molecule has 1 N–H and O–H groups in total. The molecule has 9 nitrogen and oxygen atoms in total. The molecule has 1 fully saturated rings. The summed E-state index contributed by atoms with van der Waals surface area (Å²) in [6.07, 6.45) is 3.67. The zero-order chi connectivity index (χ0) is 26.8. The standard InChI is InChI=1S/C30H27N5O4/c36-28(22-11-13-25(14-12-22)39-24-9-5-2-6-10-24)33-17-15-30(38,16-18-33)20-34-21-31-27-26(29(34)37)19-32-35(27)23-7-3-1-4-8-23/h1-14,19,21,38H,15-18,20H2. The van der Waals surface area contributed by atoms with Crippen molar-refractivity contribution in [3.8, 4) is 17.2 Å². The van der Waals surface area contributed by atoms with Crippen molar-refractivity contribution in [3.05, 3.63) is 113 Å². The van der Waals surface area contributed by atoms with Gasteiger partial charge in [0.25, 0.3) is 11.5 Å². The molecule has 1 aliphatic heterocycles. The monoisotopic (exact) mass is 521 g/mol. The van der Waals surface area contributed by atoms with Crippen molar-refractivity contribution in [2.45, 2.75) is 25.0 Å². The van der Waals surface area contributed by atoms with E-state index in [9.17, 15) is 14.7 Å². The number of likely N-dealkylation sites (tertiary alicyclic amines) is 1. The Labute approximate surface area is 224 Å². The van der Waals surface area contributed by atoms with Gasteiger partial charge >= 0.3 is 0 Å². The van der Waals surface area contributed by atoms with Crippen molar-refractivity contribution >= 4 is 16.9 Å². The van der Waals surface area contributed by atoms with E-state index >= 15 is 0 Å². The van der Waals surface area contributed by atoms with Crippen LogP contribution in [-0.2, 0) is 6.54 Å². The number of aromatic nitrogens is 4. The van der Waals surface area contributed by atoms with E-state index in [1.807, 2.05) is 60.7 Å². The molecule has 0 bridgehead atoms. The number of ether oxygens (including phenoxy) is 1. The molecule has 9 heteroatoms. The zero-order valence-corrected chi connectivity index (χ0v) is 21.2. The SMILES string of the molecule is O=C(c1ccc(Oc2ccccc2)cc1)N1CCC(O)(Cn2cnc3c(cnn3-c3ccccc3)c2=O)CC1. The molecule has 1 aliphatic rings. The Bertz CT molecular complexity index is 1660. The van der Waals surface area contributed by atoms with Gasteiger partial charge in [0.15, 0.2) is 5.65 Å². The van der Waals surface area contributed by atoms with E-state index in [1.165, 1.54) is 17.1 Å². The molecule has 39 heavy (non-hydrogen) atoms. The van der Waals surface area contributed by atoms with E-state index in [0.29, 0.717) is 48.3 Å². The smallest absolute Gasteiger partial charge is 0.264 e. The maximum Gasteiger partial charge on any atom is 0.264 e. The second-order valence-electron chi connectivity index (χ2n) is 9.76. The number of amides is 1. The summed E-state index contributed by atoms with van der Waals surface area (Å²) in [5.41, 5.74) is 0.453. The number of hydrogen-bond acceptors (Lipinski definition) is 6. The first-order valence-corrected chi connectivity index (χ1v) is 12.8. The molecule has 2 aromatic heterocycles. The number of hydrogen-bond donors (Lipinski definition) is 1. The number of rotatable bonds is 6. The molecule has 196 valence electrons. The van der Waals surface area contributed by atoms with Crippen molar-refractivity contribution in [1.82, 2.24) is 24.2 Å². The molecule has 3 aromatic carbocycles. The maximum absolute atomic E-state index is 13.2. The van der Waals surface area contributed by atoms with Gasteiger partial charge in [-0.25, -0.2) is 9.67 Å². The fourth-order valence-corrected chi connectivity index (χ4v) is 4.89. The van der Waals surface area contributed by atoms with E-state index in [0.717, 1.165) is 11.4 Å². The van der Waals surface area contributed by atoms with Crippen molar-refractivity contribution in [1.29, 1.82) is 0 Å². The number of benzene rings is 3. The van der Waals surface area contributed by atoms with Gasteiger partial charge in [0.05, 0.1) is 24.0 Å². The van der Waals surface area contributed by atoms with Gasteiger partial charge in [0, 0.05) is 18.7 Å². The zero-order valence-electron chi connectivity index (χ0n) is 21.2. The maximum atomic E-state index is 13.2. The van der Waals surface area contributed by atoms with Crippen LogP contribution in [0.4, 0.5) is 0 Å². The number of piperidine rings is 1. The Morgan fingerprint density at radius 1 is 0.897 bits per heavy atom. The fraction of sp³-hybridized carbons (Fsp3) is 0.200. The van der Waals surface area contributed by atoms with Gasteiger partial charge in [-0.05, 0) is 61.4 Å². The normalized spacial score (nSPS) is 14.8. The Morgan fingerprint density at radius 2 is 1.54 bits per heavy atom. The summed E-state index contributed by atoms with van der Waals surface area (Å²) in [6.45, 7) is 0.862. The number of fused-ring (bicyclic) bond motifs is 1. The van der Waals surface area contributed by atoms with Crippen LogP contribution in [0.25, 0.3) is 16.7 Å². The first-order valence-electron chi connectivity index (χ1n) is 12.8. The largest absolute Gasteiger partial charge is 0.457 e. The molecule has 0 atom stereocenters. The van der Waals surface area contributed by atoms with Gasteiger partial charge in [-0.15, -0.1) is 0 Å². The lowest BCUT2D eigenvalue weighted by atomic mass is 9.91. The summed E-state index contributed by atoms with van der Waals surface area (Å²) >= 11 is 0. The summed E-state index contributed by atoms with van der Waals surface area (Å²) in [5.74, 6) is 1.28. The second-order valence-corrected chi connectivity index (χ2v) is 9.76. The van der Waals surface area contributed by atoms with Crippen molar-refractivity contribution in [3.63, 3.8) is 0 Å². The van der Waals surface area contributed by atoms with Crippen LogP contribution in [0.2, 0.25) is 0 Å². The van der Waals surface area contributed by atoms with Crippen molar-refractivity contribution in [2.24, 2.45) is 0 Å². The van der Waals surface area contributed by atoms with Crippen LogP contribution >= 0.6 is 0 Å². The minimum atomic E-state index is -1.13. The molecule has 0 spiro atoms. The van der Waals surface area contributed by atoms with E-state index in [4.69, 9.17) is 4.74 Å². The molecule has 6 rings (SSSR count). The summed E-state index contributed by atoms with van der Waals surface area (Å²) < 4.78 is 8.86. The highest BCUT2D eigenvalue weighted by atomic mass is 16.5. The topological polar surface area (TPSA) is 102 Å². The van der Waals surface area contributed by atoms with Gasteiger partial charge in [-0.2, -0.15) is 5.10 Å². The Hall–Kier alpha value is -4.76. The molecule has 1 saturated heterocycles. The Balaban J connectivity index is 1.11. The quantitative estimate of drug-likeness (QED) is 0.362. The van der Waals surface area contributed by atoms with Crippen LogP contribution < -0.4 is 10.3 Å². The second kappa shape index (κ2) is 10.2. The van der Waals surface area contributed by atoms with E-state index in [2.05, 4.69) is 10.1 Å². The summed E-state index contributed by atoms with van der Waals surface area (Å²) in [7, 11) is 0. The van der Waals surface area contributed by atoms with Crippen LogP contribution in [0.1, 0.15) is 23.2 Å². The predicted octanol–water partition coefficient (Wildman–Crippen LogP) is 4.04. The molecule has 1 amide bonds. The molecule has 0 aliphatic carbocycles. The van der Waals surface area contributed by atoms with Crippen LogP contribution in [0.3, 0.4) is 0 Å². The molecular formula is C30H27N5O4. The molecule has 5 aromatic rings. The highest BCUT2D eigenvalue weighted by Gasteiger charge is 2.35. The predicted molar refractivity (Wildman–Crippen MR) is 146 cm³/mol. The van der Waals surface area contributed by atoms with Crippen LogP contribution in [-0.4, -0.2) is 53.9 Å². The summed E-state index contributed by atoms with van der Waals surface area (Å²) in [4.78, 5) is 32.5. The molecule has 3 heterocycles.